The summed E-state index contributed by atoms with van der Waals surface area (Å²) < 4.78 is 0.0741. The lowest BCUT2D eigenvalue weighted by Gasteiger charge is -2.10. The van der Waals surface area contributed by atoms with E-state index in [1.807, 2.05) is 19.0 Å². The molecule has 0 saturated carbocycles. The molecule has 0 bridgehead atoms. The summed E-state index contributed by atoms with van der Waals surface area (Å²) >= 11 is 7.97. The lowest BCUT2D eigenvalue weighted by atomic mass is 11.0. The Morgan fingerprint density at radius 3 is 1.50 bits per heavy atom. The van der Waals surface area contributed by atoms with Crippen molar-refractivity contribution in [2.45, 2.75) is 4.71 Å². The Balaban J connectivity index is 2.99. The standard InChI is InChI=1S/C3H9NS2/c1-4(2)3(5)6/h3,5-6H,1-2H3. The number of rotatable bonds is 1. The van der Waals surface area contributed by atoms with Gasteiger partial charge in [0.15, 0.2) is 0 Å². The van der Waals surface area contributed by atoms with Crippen LogP contribution in [0.5, 0.6) is 0 Å². The Kier molecular flexibility index (Phi) is 3.08. The largest absolute Gasteiger partial charge is 0.290 e. The molecule has 0 saturated heterocycles. The van der Waals surface area contributed by atoms with Crippen LogP contribution in [-0.4, -0.2) is 23.7 Å². The van der Waals surface area contributed by atoms with E-state index in [0.29, 0.717) is 0 Å². The molecule has 0 unspecified atom stereocenters. The van der Waals surface area contributed by atoms with Crippen LogP contribution in [0.3, 0.4) is 0 Å². The summed E-state index contributed by atoms with van der Waals surface area (Å²) in [7, 11) is 3.84. The second-order valence-corrected chi connectivity index (χ2v) is 2.70. The van der Waals surface area contributed by atoms with Crippen LogP contribution in [0.15, 0.2) is 0 Å². The Labute approximate surface area is 49.5 Å². The minimum atomic E-state index is 0.0741. The fourth-order valence-corrected chi connectivity index (χ4v) is 0. The van der Waals surface area contributed by atoms with Gasteiger partial charge in [-0.25, -0.2) is 0 Å². The van der Waals surface area contributed by atoms with E-state index in [0.717, 1.165) is 0 Å². The first-order valence-electron chi connectivity index (χ1n) is 1.67. The fraction of sp³-hybridized carbons (Fsp3) is 1.00. The smallest absolute Gasteiger partial charge is 0.0964 e. The van der Waals surface area contributed by atoms with E-state index in [1.165, 1.54) is 0 Å². The van der Waals surface area contributed by atoms with E-state index in [9.17, 15) is 0 Å². The average Bonchev–Trinajstić information content (AvgIpc) is 1.36. The molecule has 0 spiro atoms. The van der Waals surface area contributed by atoms with Crippen LogP contribution in [0.1, 0.15) is 0 Å². The van der Waals surface area contributed by atoms with Gasteiger partial charge in [-0.1, -0.05) is 0 Å². The molecule has 0 aromatic heterocycles. The van der Waals surface area contributed by atoms with Crippen molar-refractivity contribution >= 4 is 25.3 Å². The van der Waals surface area contributed by atoms with Crippen molar-refractivity contribution in [1.82, 2.24) is 4.90 Å². The van der Waals surface area contributed by atoms with Crippen LogP contribution in [0.2, 0.25) is 0 Å². The van der Waals surface area contributed by atoms with E-state index < -0.39 is 0 Å². The molecule has 0 heterocycles. The Morgan fingerprint density at radius 1 is 1.33 bits per heavy atom. The summed E-state index contributed by atoms with van der Waals surface area (Å²) in [5.74, 6) is 0. The first-order chi connectivity index (χ1) is 2.64. The summed E-state index contributed by atoms with van der Waals surface area (Å²) in [4.78, 5) is 1.90. The van der Waals surface area contributed by atoms with Crippen molar-refractivity contribution in [3.05, 3.63) is 0 Å². The zero-order valence-corrected chi connectivity index (χ0v) is 5.71. The van der Waals surface area contributed by atoms with Crippen LogP contribution in [0, 0.1) is 0 Å². The predicted molar refractivity (Wildman–Crippen MR) is 35.4 cm³/mol. The van der Waals surface area contributed by atoms with E-state index in [-0.39, 0.29) is 4.71 Å². The Morgan fingerprint density at radius 2 is 1.50 bits per heavy atom. The van der Waals surface area contributed by atoms with E-state index in [4.69, 9.17) is 0 Å². The highest BCUT2D eigenvalue weighted by Gasteiger charge is 1.92. The number of hydrogen-bond acceptors (Lipinski definition) is 3. The molecule has 0 aromatic carbocycles. The third-order valence-electron chi connectivity index (χ3n) is 0.462. The van der Waals surface area contributed by atoms with Gasteiger partial charge in [-0.2, -0.15) is 0 Å². The fourth-order valence-electron chi connectivity index (χ4n) is 0. The molecule has 0 aliphatic rings. The third-order valence-corrected chi connectivity index (χ3v) is 1.39. The number of thiol groups is 2. The maximum absolute atomic E-state index is 3.98. The van der Waals surface area contributed by atoms with Crippen LogP contribution in [-0.2, 0) is 0 Å². The van der Waals surface area contributed by atoms with E-state index in [2.05, 4.69) is 25.3 Å². The van der Waals surface area contributed by atoms with Crippen molar-refractivity contribution in [2.75, 3.05) is 14.1 Å². The molecule has 0 aliphatic carbocycles. The SMILES string of the molecule is CN(C)C(S)S. The Bertz CT molecular complexity index is 29.8. The minimum absolute atomic E-state index is 0.0741. The van der Waals surface area contributed by atoms with E-state index >= 15 is 0 Å². The summed E-state index contributed by atoms with van der Waals surface area (Å²) in [5, 5.41) is 0. The summed E-state index contributed by atoms with van der Waals surface area (Å²) in [5.41, 5.74) is 0. The van der Waals surface area contributed by atoms with Crippen molar-refractivity contribution in [1.29, 1.82) is 0 Å². The van der Waals surface area contributed by atoms with Crippen LogP contribution < -0.4 is 0 Å². The quantitative estimate of drug-likeness (QED) is 0.383. The molecule has 0 radical (unpaired) electrons. The predicted octanol–water partition coefficient (Wildman–Crippen LogP) is 0.691. The van der Waals surface area contributed by atoms with E-state index in [1.54, 1.807) is 0 Å². The molecule has 1 nitrogen and oxygen atoms in total. The number of nitrogens with zero attached hydrogens (tertiary/aromatic N) is 1. The highest BCUT2D eigenvalue weighted by molar-refractivity contribution is 7.99. The van der Waals surface area contributed by atoms with Gasteiger partial charge in [0.2, 0.25) is 0 Å². The van der Waals surface area contributed by atoms with Gasteiger partial charge in [0.1, 0.15) is 0 Å². The van der Waals surface area contributed by atoms with Crippen LogP contribution in [0.25, 0.3) is 0 Å². The van der Waals surface area contributed by atoms with Gasteiger partial charge < -0.3 is 0 Å². The van der Waals surface area contributed by atoms with Gasteiger partial charge in [-0.3, -0.25) is 4.90 Å². The molecule has 0 atom stereocenters. The summed E-state index contributed by atoms with van der Waals surface area (Å²) in [6.45, 7) is 0. The van der Waals surface area contributed by atoms with Crippen molar-refractivity contribution < 1.29 is 0 Å². The van der Waals surface area contributed by atoms with Gasteiger partial charge in [-0.05, 0) is 14.1 Å². The molecule has 0 amide bonds. The molecule has 3 heteroatoms. The highest BCUT2D eigenvalue weighted by atomic mass is 32.2. The first-order valence-corrected chi connectivity index (χ1v) is 2.70. The second kappa shape index (κ2) is 2.77. The Hall–Kier alpha value is 0.660. The highest BCUT2D eigenvalue weighted by Crippen LogP contribution is 2.00. The average molecular weight is 123 g/mol. The molecule has 38 valence electrons. The molecular formula is C3H9NS2. The van der Waals surface area contributed by atoms with Gasteiger partial charge in [-0.15, -0.1) is 25.3 Å². The lowest BCUT2D eigenvalue weighted by Crippen LogP contribution is -2.15. The monoisotopic (exact) mass is 123 g/mol. The first kappa shape index (κ1) is 6.66. The van der Waals surface area contributed by atoms with Crippen LogP contribution >= 0.6 is 25.3 Å². The maximum atomic E-state index is 3.98. The third kappa shape index (κ3) is 2.87. The molecule has 0 aromatic rings. The summed E-state index contributed by atoms with van der Waals surface area (Å²) in [6, 6.07) is 0. The van der Waals surface area contributed by atoms with Gasteiger partial charge in [0.05, 0.1) is 4.71 Å². The normalized spacial score (nSPS) is 11.0. The van der Waals surface area contributed by atoms with Crippen LogP contribution in [0.4, 0.5) is 0 Å². The maximum Gasteiger partial charge on any atom is 0.0964 e. The molecule has 0 aliphatic heterocycles. The van der Waals surface area contributed by atoms with Crippen molar-refractivity contribution in [2.24, 2.45) is 0 Å². The lowest BCUT2D eigenvalue weighted by molar-refractivity contribution is 0.463. The zero-order chi connectivity index (χ0) is 5.15. The molecule has 6 heavy (non-hydrogen) atoms. The molecule has 0 rings (SSSR count). The molecular weight excluding hydrogens is 114 g/mol. The van der Waals surface area contributed by atoms with Crippen molar-refractivity contribution in [3.8, 4) is 0 Å². The topological polar surface area (TPSA) is 3.24 Å². The minimum Gasteiger partial charge on any atom is -0.290 e. The molecule has 0 N–H and O–H groups in total. The number of hydrogen-bond donors (Lipinski definition) is 2. The van der Waals surface area contributed by atoms with Gasteiger partial charge in [0, 0.05) is 0 Å². The summed E-state index contributed by atoms with van der Waals surface area (Å²) in [6.07, 6.45) is 0. The second-order valence-electron chi connectivity index (χ2n) is 1.31. The zero-order valence-electron chi connectivity index (χ0n) is 3.92. The van der Waals surface area contributed by atoms with Crippen molar-refractivity contribution in [3.63, 3.8) is 0 Å². The van der Waals surface area contributed by atoms with Gasteiger partial charge in [0.25, 0.3) is 0 Å². The molecule has 0 fully saturated rings. The van der Waals surface area contributed by atoms with Gasteiger partial charge >= 0.3 is 0 Å².